The molecule has 1 N–H and O–H groups in total. The van der Waals surface area contributed by atoms with Crippen molar-refractivity contribution in [3.8, 4) is 0 Å². The smallest absolute Gasteiger partial charge is 0.264 e. The van der Waals surface area contributed by atoms with Crippen LogP contribution in [0.15, 0.2) is 71.6 Å². The van der Waals surface area contributed by atoms with Crippen molar-refractivity contribution < 1.29 is 18.0 Å². The first-order valence-electron chi connectivity index (χ1n) is 13.6. The van der Waals surface area contributed by atoms with Crippen molar-refractivity contribution in [3.05, 3.63) is 93.5 Å². The van der Waals surface area contributed by atoms with E-state index >= 15 is 0 Å². The van der Waals surface area contributed by atoms with Gasteiger partial charge in [0.2, 0.25) is 11.8 Å². The molecular formula is C31H37Cl2N3O4S. The number of benzene rings is 3. The minimum Gasteiger partial charge on any atom is -0.352 e. The molecule has 7 nitrogen and oxygen atoms in total. The quantitative estimate of drug-likeness (QED) is 0.250. The molecule has 41 heavy (non-hydrogen) atoms. The van der Waals surface area contributed by atoms with Crippen molar-refractivity contribution in [3.63, 3.8) is 0 Å². The van der Waals surface area contributed by atoms with E-state index in [1.807, 2.05) is 39.8 Å². The highest BCUT2D eigenvalue weighted by atomic mass is 35.5. The van der Waals surface area contributed by atoms with Crippen molar-refractivity contribution in [1.82, 2.24) is 10.2 Å². The van der Waals surface area contributed by atoms with Gasteiger partial charge in [0, 0.05) is 22.6 Å². The van der Waals surface area contributed by atoms with Crippen molar-refractivity contribution >= 4 is 50.7 Å². The fourth-order valence-corrected chi connectivity index (χ4v) is 6.38. The number of anilines is 1. The van der Waals surface area contributed by atoms with Gasteiger partial charge < -0.3 is 10.2 Å². The van der Waals surface area contributed by atoms with E-state index in [9.17, 15) is 18.0 Å². The summed E-state index contributed by atoms with van der Waals surface area (Å²) < 4.78 is 29.1. The van der Waals surface area contributed by atoms with Gasteiger partial charge in [0.05, 0.1) is 10.6 Å². The third kappa shape index (κ3) is 8.03. The molecule has 3 aromatic carbocycles. The molecule has 0 aromatic heterocycles. The summed E-state index contributed by atoms with van der Waals surface area (Å²) >= 11 is 12.6. The van der Waals surface area contributed by atoms with Gasteiger partial charge in [-0.25, -0.2) is 8.42 Å². The molecule has 0 unspecified atom stereocenters. The molecule has 2 amide bonds. The Labute approximate surface area is 253 Å². The number of hydrogen-bond donors (Lipinski definition) is 1. The van der Waals surface area contributed by atoms with Gasteiger partial charge in [0.15, 0.2) is 0 Å². The summed E-state index contributed by atoms with van der Waals surface area (Å²) in [6, 6.07) is 17.4. The average molecular weight is 619 g/mol. The molecule has 0 aliphatic carbocycles. The largest absolute Gasteiger partial charge is 0.352 e. The zero-order chi connectivity index (χ0) is 30.3. The lowest BCUT2D eigenvalue weighted by Crippen LogP contribution is -2.53. The Morgan fingerprint density at radius 2 is 1.61 bits per heavy atom. The fourth-order valence-electron chi connectivity index (χ4n) is 4.42. The van der Waals surface area contributed by atoms with E-state index in [2.05, 4.69) is 5.32 Å². The van der Waals surface area contributed by atoms with Crippen LogP contribution in [-0.4, -0.2) is 43.8 Å². The van der Waals surface area contributed by atoms with E-state index in [1.165, 1.54) is 17.0 Å². The molecule has 3 aromatic rings. The van der Waals surface area contributed by atoms with Gasteiger partial charge in [-0.2, -0.15) is 0 Å². The van der Waals surface area contributed by atoms with Crippen molar-refractivity contribution in [2.45, 2.75) is 71.0 Å². The number of sulfonamides is 1. The second-order valence-electron chi connectivity index (χ2n) is 10.1. The van der Waals surface area contributed by atoms with Crippen LogP contribution >= 0.6 is 23.2 Å². The maximum Gasteiger partial charge on any atom is 0.264 e. The van der Waals surface area contributed by atoms with E-state index in [0.29, 0.717) is 33.3 Å². The van der Waals surface area contributed by atoms with Crippen LogP contribution in [0.1, 0.15) is 50.3 Å². The third-order valence-corrected chi connectivity index (χ3v) is 9.35. The average Bonchev–Trinajstić information content (AvgIpc) is 2.94. The third-order valence-electron chi connectivity index (χ3n) is 6.99. The van der Waals surface area contributed by atoms with Crippen LogP contribution in [0.2, 0.25) is 10.0 Å². The Balaban J connectivity index is 2.11. The molecule has 0 aliphatic rings. The van der Waals surface area contributed by atoms with Crippen LogP contribution in [-0.2, 0) is 26.2 Å². The number of rotatable bonds is 12. The molecule has 0 spiro atoms. The standard InChI is InChI=1S/C31H37Cl2N3O4S/c1-6-23(5)34-31(38)28(7-2)35(19-24-15-16-25(32)18-27(24)33)30(37)20-36(29-17-21(3)13-14-22(29)4)41(39,40)26-11-9-8-10-12-26/h8-18,23,28H,6-7,19-20H2,1-5H3,(H,34,38)/t23-,28-/m0/s1. The second-order valence-corrected chi connectivity index (χ2v) is 12.8. The molecule has 0 saturated carbocycles. The SMILES string of the molecule is CC[C@H](C)NC(=O)[C@H](CC)N(Cc1ccc(Cl)cc1Cl)C(=O)CN(c1cc(C)ccc1C)S(=O)(=O)c1ccccc1. The number of nitrogens with one attached hydrogen (secondary N) is 1. The fraction of sp³-hybridized carbons (Fsp3) is 0.355. The molecule has 3 rings (SSSR count). The number of carbonyl (C=O) groups is 2. The molecule has 220 valence electrons. The van der Waals surface area contributed by atoms with E-state index in [1.54, 1.807) is 49.4 Å². The minimum absolute atomic E-state index is 0.00665. The van der Waals surface area contributed by atoms with Gasteiger partial charge in [-0.1, -0.05) is 73.4 Å². The summed E-state index contributed by atoms with van der Waals surface area (Å²) in [5.74, 6) is -0.855. The van der Waals surface area contributed by atoms with Crippen LogP contribution in [0.3, 0.4) is 0 Å². The van der Waals surface area contributed by atoms with Gasteiger partial charge in [-0.15, -0.1) is 0 Å². The van der Waals surface area contributed by atoms with E-state index in [0.717, 1.165) is 16.3 Å². The monoisotopic (exact) mass is 617 g/mol. The zero-order valence-corrected chi connectivity index (χ0v) is 26.4. The van der Waals surface area contributed by atoms with Gasteiger partial charge in [-0.3, -0.25) is 13.9 Å². The Morgan fingerprint density at radius 1 is 0.927 bits per heavy atom. The van der Waals surface area contributed by atoms with E-state index < -0.39 is 28.5 Å². The summed E-state index contributed by atoms with van der Waals surface area (Å²) in [6.07, 6.45) is 1.03. The van der Waals surface area contributed by atoms with Crippen LogP contribution < -0.4 is 9.62 Å². The number of halogens is 2. The van der Waals surface area contributed by atoms with Gasteiger partial charge in [0.1, 0.15) is 12.6 Å². The highest BCUT2D eigenvalue weighted by molar-refractivity contribution is 7.92. The predicted octanol–water partition coefficient (Wildman–Crippen LogP) is 6.53. The Bertz CT molecular complexity index is 1480. The van der Waals surface area contributed by atoms with E-state index in [4.69, 9.17) is 23.2 Å². The number of amides is 2. The Hall–Kier alpha value is -3.07. The number of carbonyl (C=O) groups excluding carboxylic acids is 2. The first-order chi connectivity index (χ1) is 19.4. The molecule has 0 aliphatic heterocycles. The number of hydrogen-bond acceptors (Lipinski definition) is 4. The molecular weight excluding hydrogens is 581 g/mol. The maximum absolute atomic E-state index is 14.2. The zero-order valence-electron chi connectivity index (χ0n) is 24.0. The molecule has 0 bridgehead atoms. The van der Waals surface area contributed by atoms with Crippen molar-refractivity contribution in [2.75, 3.05) is 10.8 Å². The first-order valence-corrected chi connectivity index (χ1v) is 15.8. The van der Waals surface area contributed by atoms with Crippen LogP contribution in [0.25, 0.3) is 0 Å². The van der Waals surface area contributed by atoms with Crippen molar-refractivity contribution in [2.24, 2.45) is 0 Å². The molecule has 0 radical (unpaired) electrons. The lowest BCUT2D eigenvalue weighted by molar-refractivity contribution is -0.140. The molecule has 2 atom stereocenters. The van der Waals surface area contributed by atoms with Crippen LogP contribution in [0.5, 0.6) is 0 Å². The summed E-state index contributed by atoms with van der Waals surface area (Å²) in [4.78, 5) is 29.1. The number of aryl methyl sites for hydroxylation is 2. The van der Waals surface area contributed by atoms with Gasteiger partial charge in [0.25, 0.3) is 10.0 Å². The minimum atomic E-state index is -4.14. The normalized spacial score (nSPS) is 12.9. The van der Waals surface area contributed by atoms with Crippen LogP contribution in [0, 0.1) is 13.8 Å². The topological polar surface area (TPSA) is 86.8 Å². The first kappa shape index (κ1) is 32.4. The molecule has 0 fully saturated rings. The molecule has 0 saturated heterocycles. The lowest BCUT2D eigenvalue weighted by Gasteiger charge is -2.34. The molecule has 10 heteroatoms. The summed E-state index contributed by atoms with van der Waals surface area (Å²) in [5.41, 5.74) is 2.51. The predicted molar refractivity (Wildman–Crippen MR) is 166 cm³/mol. The van der Waals surface area contributed by atoms with E-state index in [-0.39, 0.29) is 23.4 Å². The lowest BCUT2D eigenvalue weighted by atomic mass is 10.1. The Morgan fingerprint density at radius 3 is 2.22 bits per heavy atom. The van der Waals surface area contributed by atoms with Gasteiger partial charge >= 0.3 is 0 Å². The summed E-state index contributed by atoms with van der Waals surface area (Å²) in [6.45, 7) is 8.80. The summed E-state index contributed by atoms with van der Waals surface area (Å²) in [7, 11) is -4.14. The molecule has 0 heterocycles. The maximum atomic E-state index is 14.2. The number of nitrogens with zero attached hydrogens (tertiary/aromatic N) is 2. The van der Waals surface area contributed by atoms with Gasteiger partial charge in [-0.05, 0) is 80.6 Å². The second kappa shape index (κ2) is 14.2. The van der Waals surface area contributed by atoms with Crippen molar-refractivity contribution in [1.29, 1.82) is 0 Å². The Kier molecular flexibility index (Phi) is 11.2. The summed E-state index contributed by atoms with van der Waals surface area (Å²) in [5, 5.41) is 3.75. The van der Waals surface area contributed by atoms with Crippen LogP contribution in [0.4, 0.5) is 5.69 Å². The highest BCUT2D eigenvalue weighted by Gasteiger charge is 2.34. The highest BCUT2D eigenvalue weighted by Crippen LogP contribution is 2.29.